The molecular formula is C14H15ClN2O4S2. The highest BCUT2D eigenvalue weighted by molar-refractivity contribution is 7.99. The monoisotopic (exact) mass is 374 g/mol. The molecule has 1 amide bonds. The van der Waals surface area contributed by atoms with Gasteiger partial charge in [0.15, 0.2) is 15.4 Å². The summed E-state index contributed by atoms with van der Waals surface area (Å²) in [7, 11) is -1.37. The van der Waals surface area contributed by atoms with E-state index in [0.29, 0.717) is 27.8 Å². The lowest BCUT2D eigenvalue weighted by Crippen LogP contribution is -2.38. The van der Waals surface area contributed by atoms with Crippen molar-refractivity contribution in [2.24, 2.45) is 0 Å². The van der Waals surface area contributed by atoms with Gasteiger partial charge in [0.2, 0.25) is 5.91 Å². The third-order valence-electron chi connectivity index (χ3n) is 3.80. The number of aromatic nitrogens is 1. The number of fused-ring (bicyclic) bond motifs is 1. The van der Waals surface area contributed by atoms with Crippen LogP contribution in [0.2, 0.25) is 5.02 Å². The van der Waals surface area contributed by atoms with E-state index in [1.807, 2.05) is 0 Å². The first-order valence-corrected chi connectivity index (χ1v) is 10.2. The van der Waals surface area contributed by atoms with E-state index in [9.17, 15) is 13.2 Å². The van der Waals surface area contributed by atoms with Gasteiger partial charge in [-0.1, -0.05) is 23.4 Å². The summed E-state index contributed by atoms with van der Waals surface area (Å²) in [6.45, 7) is 0. The summed E-state index contributed by atoms with van der Waals surface area (Å²) in [5.74, 6) is 0.195. The fraction of sp³-hybridized carbons (Fsp3) is 0.429. The van der Waals surface area contributed by atoms with Crippen LogP contribution in [-0.4, -0.2) is 54.6 Å². The largest absolute Gasteiger partial charge is 0.431 e. The minimum atomic E-state index is -3.01. The first kappa shape index (κ1) is 16.6. The Hall–Kier alpha value is -1.25. The Labute approximate surface area is 143 Å². The molecule has 0 N–H and O–H groups in total. The predicted molar refractivity (Wildman–Crippen MR) is 89.6 cm³/mol. The van der Waals surface area contributed by atoms with Crippen molar-refractivity contribution in [1.29, 1.82) is 0 Å². The highest BCUT2D eigenvalue weighted by Crippen LogP contribution is 2.26. The van der Waals surface area contributed by atoms with Gasteiger partial charge < -0.3 is 9.32 Å². The second-order valence-corrected chi connectivity index (χ2v) is 9.03. The summed E-state index contributed by atoms with van der Waals surface area (Å²) in [6, 6.07) is 4.91. The molecule has 1 fully saturated rings. The molecule has 1 aromatic heterocycles. The van der Waals surface area contributed by atoms with Crippen molar-refractivity contribution in [3.63, 3.8) is 0 Å². The topological polar surface area (TPSA) is 80.5 Å². The molecule has 9 heteroatoms. The van der Waals surface area contributed by atoms with Crippen LogP contribution in [0.25, 0.3) is 11.1 Å². The molecule has 124 valence electrons. The molecule has 1 saturated heterocycles. The molecule has 1 aromatic carbocycles. The van der Waals surface area contributed by atoms with E-state index in [0.717, 1.165) is 0 Å². The second kappa shape index (κ2) is 6.33. The van der Waals surface area contributed by atoms with Crippen LogP contribution >= 0.6 is 23.4 Å². The number of thioether (sulfide) groups is 1. The first-order chi connectivity index (χ1) is 10.8. The van der Waals surface area contributed by atoms with E-state index in [-0.39, 0.29) is 29.2 Å². The molecule has 1 atom stereocenters. The lowest BCUT2D eigenvalue weighted by Gasteiger charge is -2.22. The van der Waals surface area contributed by atoms with Crippen LogP contribution in [0.15, 0.2) is 27.8 Å². The second-order valence-electron chi connectivity index (χ2n) is 5.44. The number of nitrogens with zero attached hydrogens (tertiary/aromatic N) is 2. The van der Waals surface area contributed by atoms with Crippen LogP contribution in [0, 0.1) is 0 Å². The van der Waals surface area contributed by atoms with E-state index in [1.165, 1.54) is 16.7 Å². The molecule has 0 radical (unpaired) electrons. The van der Waals surface area contributed by atoms with Gasteiger partial charge in [0.05, 0.1) is 17.3 Å². The van der Waals surface area contributed by atoms with Crippen molar-refractivity contribution in [1.82, 2.24) is 9.88 Å². The number of amides is 1. The summed E-state index contributed by atoms with van der Waals surface area (Å²) in [5.41, 5.74) is 1.25. The fourth-order valence-electron chi connectivity index (χ4n) is 2.45. The van der Waals surface area contributed by atoms with Crippen LogP contribution in [-0.2, 0) is 14.6 Å². The van der Waals surface area contributed by atoms with Gasteiger partial charge in [-0.15, -0.1) is 0 Å². The Morgan fingerprint density at radius 3 is 3.00 bits per heavy atom. The van der Waals surface area contributed by atoms with Gasteiger partial charge in [-0.3, -0.25) is 4.79 Å². The van der Waals surface area contributed by atoms with Crippen molar-refractivity contribution < 1.29 is 17.6 Å². The maximum absolute atomic E-state index is 12.2. The standard InChI is InChI=1S/C14H15ClN2O4S2/c1-17(10-4-5-23(19,20)8-10)13(18)7-22-14-16-11-3-2-9(15)6-12(11)21-14/h2-3,6,10H,4-5,7-8H2,1H3. The molecule has 3 rings (SSSR count). The fourth-order valence-corrected chi connectivity index (χ4v) is 5.15. The average Bonchev–Trinajstić information content (AvgIpc) is 3.06. The number of carbonyl (C=O) groups excluding carboxylic acids is 1. The highest BCUT2D eigenvalue weighted by atomic mass is 35.5. The lowest BCUT2D eigenvalue weighted by atomic mass is 10.2. The smallest absolute Gasteiger partial charge is 0.257 e. The summed E-state index contributed by atoms with van der Waals surface area (Å²) >= 11 is 7.07. The number of carbonyl (C=O) groups is 1. The van der Waals surface area contributed by atoms with Crippen LogP contribution in [0.4, 0.5) is 0 Å². The zero-order chi connectivity index (χ0) is 16.6. The van der Waals surface area contributed by atoms with Crippen molar-refractivity contribution in [3.05, 3.63) is 23.2 Å². The Bertz CT molecular complexity index is 850. The molecule has 6 nitrogen and oxygen atoms in total. The molecular weight excluding hydrogens is 360 g/mol. The van der Waals surface area contributed by atoms with Gasteiger partial charge in [-0.25, -0.2) is 13.4 Å². The molecule has 0 bridgehead atoms. The lowest BCUT2D eigenvalue weighted by molar-refractivity contribution is -0.128. The summed E-state index contributed by atoms with van der Waals surface area (Å²) < 4.78 is 28.5. The normalized spacial score (nSPS) is 20.0. The zero-order valence-corrected chi connectivity index (χ0v) is 14.7. The molecule has 1 unspecified atom stereocenters. The molecule has 1 aliphatic heterocycles. The quantitative estimate of drug-likeness (QED) is 0.763. The average molecular weight is 375 g/mol. The van der Waals surface area contributed by atoms with Gasteiger partial charge >= 0.3 is 0 Å². The number of hydrogen-bond donors (Lipinski definition) is 0. The van der Waals surface area contributed by atoms with Gasteiger partial charge in [0, 0.05) is 24.2 Å². The first-order valence-electron chi connectivity index (χ1n) is 6.99. The number of benzene rings is 1. The predicted octanol–water partition coefficient (Wildman–Crippen LogP) is 2.22. The summed E-state index contributed by atoms with van der Waals surface area (Å²) in [5, 5.41) is 0.950. The molecule has 2 aromatic rings. The number of oxazole rings is 1. The van der Waals surface area contributed by atoms with Crippen LogP contribution in [0.1, 0.15) is 6.42 Å². The molecule has 0 saturated carbocycles. The third kappa shape index (κ3) is 3.81. The number of hydrogen-bond acceptors (Lipinski definition) is 6. The third-order valence-corrected chi connectivity index (χ3v) is 6.60. The Morgan fingerprint density at radius 2 is 2.30 bits per heavy atom. The number of sulfone groups is 1. The van der Waals surface area contributed by atoms with Gasteiger partial charge in [0.25, 0.3) is 5.22 Å². The minimum absolute atomic E-state index is 0.0429. The van der Waals surface area contributed by atoms with E-state index >= 15 is 0 Å². The van der Waals surface area contributed by atoms with Gasteiger partial charge in [0.1, 0.15) is 5.52 Å². The number of rotatable bonds is 4. The van der Waals surface area contributed by atoms with Crippen molar-refractivity contribution >= 4 is 50.2 Å². The van der Waals surface area contributed by atoms with Gasteiger partial charge in [-0.05, 0) is 18.6 Å². The Balaban J connectivity index is 1.61. The SMILES string of the molecule is CN(C(=O)CSc1nc2ccc(Cl)cc2o1)C1CCS(=O)(=O)C1. The number of halogens is 1. The van der Waals surface area contributed by atoms with Crippen LogP contribution < -0.4 is 0 Å². The van der Waals surface area contributed by atoms with Crippen molar-refractivity contribution in [2.75, 3.05) is 24.3 Å². The molecule has 23 heavy (non-hydrogen) atoms. The highest BCUT2D eigenvalue weighted by Gasteiger charge is 2.32. The zero-order valence-electron chi connectivity index (χ0n) is 12.4. The van der Waals surface area contributed by atoms with E-state index < -0.39 is 9.84 Å². The maximum atomic E-state index is 12.2. The molecule has 0 spiro atoms. The van der Waals surface area contributed by atoms with E-state index in [1.54, 1.807) is 25.2 Å². The van der Waals surface area contributed by atoms with Crippen molar-refractivity contribution in [2.45, 2.75) is 17.7 Å². The maximum Gasteiger partial charge on any atom is 0.257 e. The molecule has 0 aliphatic carbocycles. The van der Waals surface area contributed by atoms with Crippen LogP contribution in [0.3, 0.4) is 0 Å². The van der Waals surface area contributed by atoms with E-state index in [4.69, 9.17) is 16.0 Å². The summed E-state index contributed by atoms with van der Waals surface area (Å²) in [4.78, 5) is 18.0. The molecule has 1 aliphatic rings. The van der Waals surface area contributed by atoms with Crippen LogP contribution in [0.5, 0.6) is 0 Å². The van der Waals surface area contributed by atoms with Crippen molar-refractivity contribution in [3.8, 4) is 0 Å². The minimum Gasteiger partial charge on any atom is -0.431 e. The Kier molecular flexibility index (Phi) is 4.57. The van der Waals surface area contributed by atoms with E-state index in [2.05, 4.69) is 4.98 Å². The van der Waals surface area contributed by atoms with Gasteiger partial charge in [-0.2, -0.15) is 0 Å². The molecule has 2 heterocycles. The Morgan fingerprint density at radius 1 is 1.52 bits per heavy atom. The summed E-state index contributed by atoms with van der Waals surface area (Å²) in [6.07, 6.45) is 0.497.